The van der Waals surface area contributed by atoms with E-state index in [1.54, 1.807) is 37.8 Å². The number of hydrogen-bond acceptors (Lipinski definition) is 4. The highest BCUT2D eigenvalue weighted by atomic mass is 16.6. The highest BCUT2D eigenvalue weighted by Gasteiger charge is 2.31. The Kier molecular flexibility index (Phi) is 5.54. The van der Waals surface area contributed by atoms with Gasteiger partial charge in [-0.3, -0.25) is 10.1 Å². The molecule has 134 valence electrons. The number of amides is 2. The van der Waals surface area contributed by atoms with Crippen molar-refractivity contribution in [2.24, 2.45) is 11.0 Å². The zero-order valence-corrected chi connectivity index (χ0v) is 14.9. The summed E-state index contributed by atoms with van der Waals surface area (Å²) < 4.78 is 5.24. The standard InChI is InChI=1S/C17H23N5O3/c1-11-5-6-13(20-16(24)25-17(2,3)4)8-14(11)22-10-12(7-15(22)23)9-19-21-18/h5-6,8,12H,7,9-10H2,1-4H3,(H,20,24). The van der Waals surface area contributed by atoms with E-state index in [1.807, 2.05) is 13.0 Å². The number of aryl methyl sites for hydroxylation is 1. The molecule has 0 saturated carbocycles. The van der Waals surface area contributed by atoms with Gasteiger partial charge in [0.25, 0.3) is 0 Å². The molecule has 0 aliphatic carbocycles. The minimum Gasteiger partial charge on any atom is -0.444 e. The highest BCUT2D eigenvalue weighted by molar-refractivity contribution is 5.97. The van der Waals surface area contributed by atoms with Crippen molar-refractivity contribution in [3.8, 4) is 0 Å². The number of anilines is 2. The van der Waals surface area contributed by atoms with Gasteiger partial charge in [0.2, 0.25) is 5.91 Å². The van der Waals surface area contributed by atoms with Gasteiger partial charge in [0, 0.05) is 35.8 Å². The van der Waals surface area contributed by atoms with Gasteiger partial charge in [0.05, 0.1) is 0 Å². The van der Waals surface area contributed by atoms with Crippen LogP contribution in [0.3, 0.4) is 0 Å². The molecule has 1 aliphatic heterocycles. The third-order valence-electron chi connectivity index (χ3n) is 3.75. The third kappa shape index (κ3) is 5.12. The molecule has 2 amide bonds. The van der Waals surface area contributed by atoms with Gasteiger partial charge in [0.1, 0.15) is 5.60 Å². The van der Waals surface area contributed by atoms with Crippen molar-refractivity contribution in [1.29, 1.82) is 0 Å². The van der Waals surface area contributed by atoms with E-state index in [9.17, 15) is 9.59 Å². The van der Waals surface area contributed by atoms with Gasteiger partial charge >= 0.3 is 6.09 Å². The van der Waals surface area contributed by atoms with Crippen LogP contribution in [0, 0.1) is 12.8 Å². The zero-order chi connectivity index (χ0) is 18.6. The molecular formula is C17H23N5O3. The molecule has 1 aliphatic rings. The van der Waals surface area contributed by atoms with Gasteiger partial charge in [-0.1, -0.05) is 11.2 Å². The third-order valence-corrected chi connectivity index (χ3v) is 3.75. The van der Waals surface area contributed by atoms with E-state index in [0.29, 0.717) is 25.2 Å². The van der Waals surface area contributed by atoms with Crippen LogP contribution in [0.15, 0.2) is 23.3 Å². The Morgan fingerprint density at radius 3 is 2.84 bits per heavy atom. The molecule has 0 spiro atoms. The second-order valence-electron chi connectivity index (χ2n) is 7.12. The van der Waals surface area contributed by atoms with Gasteiger partial charge in [-0.05, 0) is 56.8 Å². The smallest absolute Gasteiger partial charge is 0.412 e. The number of hydrogen-bond donors (Lipinski definition) is 1. The summed E-state index contributed by atoms with van der Waals surface area (Å²) in [4.78, 5) is 28.6. The lowest BCUT2D eigenvalue weighted by molar-refractivity contribution is -0.117. The molecule has 1 aromatic carbocycles. The van der Waals surface area contributed by atoms with E-state index >= 15 is 0 Å². The first kappa shape index (κ1) is 18.6. The van der Waals surface area contributed by atoms with Crippen LogP contribution in [-0.2, 0) is 9.53 Å². The fourth-order valence-corrected chi connectivity index (χ4v) is 2.69. The van der Waals surface area contributed by atoms with Crippen molar-refractivity contribution < 1.29 is 14.3 Å². The molecule has 1 fully saturated rings. The minimum atomic E-state index is -0.586. The summed E-state index contributed by atoms with van der Waals surface area (Å²) in [6.07, 6.45) is -0.196. The summed E-state index contributed by atoms with van der Waals surface area (Å²) in [5.74, 6) is -0.0130. The molecule has 25 heavy (non-hydrogen) atoms. The maximum Gasteiger partial charge on any atom is 0.412 e. The van der Waals surface area contributed by atoms with Crippen LogP contribution in [0.2, 0.25) is 0 Å². The number of carbonyl (C=O) groups is 2. The molecule has 1 atom stereocenters. The summed E-state index contributed by atoms with van der Waals surface area (Å²) >= 11 is 0. The lowest BCUT2D eigenvalue weighted by atomic mass is 10.1. The predicted molar refractivity (Wildman–Crippen MR) is 95.5 cm³/mol. The quantitative estimate of drug-likeness (QED) is 0.506. The van der Waals surface area contributed by atoms with E-state index in [-0.39, 0.29) is 11.8 Å². The van der Waals surface area contributed by atoms with Crippen LogP contribution in [-0.4, -0.2) is 30.7 Å². The maximum absolute atomic E-state index is 12.3. The van der Waals surface area contributed by atoms with Crippen LogP contribution in [0.1, 0.15) is 32.8 Å². The summed E-state index contributed by atoms with van der Waals surface area (Å²) in [7, 11) is 0. The average molecular weight is 345 g/mol. The summed E-state index contributed by atoms with van der Waals surface area (Å²) in [5.41, 5.74) is 10.1. The van der Waals surface area contributed by atoms with Crippen molar-refractivity contribution in [3.63, 3.8) is 0 Å². The number of rotatable bonds is 4. The number of carbonyl (C=O) groups excluding carboxylic acids is 2. The first-order valence-electron chi connectivity index (χ1n) is 8.11. The van der Waals surface area contributed by atoms with Crippen LogP contribution < -0.4 is 10.2 Å². The Labute approximate surface area is 146 Å². The highest BCUT2D eigenvalue weighted by Crippen LogP contribution is 2.30. The molecule has 1 saturated heterocycles. The van der Waals surface area contributed by atoms with Crippen molar-refractivity contribution >= 4 is 23.4 Å². The fraction of sp³-hybridized carbons (Fsp3) is 0.529. The van der Waals surface area contributed by atoms with E-state index in [1.165, 1.54) is 0 Å². The predicted octanol–water partition coefficient (Wildman–Crippen LogP) is 4.01. The first-order chi connectivity index (χ1) is 11.7. The monoisotopic (exact) mass is 345 g/mol. The van der Waals surface area contributed by atoms with Gasteiger partial charge in [0.15, 0.2) is 0 Å². The molecule has 0 bridgehead atoms. The van der Waals surface area contributed by atoms with Crippen LogP contribution in [0.25, 0.3) is 10.4 Å². The van der Waals surface area contributed by atoms with Gasteiger partial charge < -0.3 is 9.64 Å². The maximum atomic E-state index is 12.3. The van der Waals surface area contributed by atoms with Gasteiger partial charge in [-0.2, -0.15) is 0 Å². The van der Waals surface area contributed by atoms with E-state index in [0.717, 1.165) is 11.3 Å². The molecule has 1 aromatic rings. The van der Waals surface area contributed by atoms with Gasteiger partial charge in [-0.25, -0.2) is 4.79 Å². The molecular weight excluding hydrogens is 322 g/mol. The number of nitrogens with zero attached hydrogens (tertiary/aromatic N) is 4. The van der Waals surface area contributed by atoms with Crippen molar-refractivity contribution in [1.82, 2.24) is 0 Å². The molecule has 0 radical (unpaired) electrons. The number of nitrogens with one attached hydrogen (secondary N) is 1. The number of ether oxygens (including phenoxy) is 1. The fourth-order valence-electron chi connectivity index (χ4n) is 2.69. The Bertz CT molecular complexity index is 719. The minimum absolute atomic E-state index is 0.00488. The molecule has 1 heterocycles. The summed E-state index contributed by atoms with van der Waals surface area (Å²) in [6, 6.07) is 5.37. The Morgan fingerprint density at radius 2 is 2.20 bits per heavy atom. The van der Waals surface area contributed by atoms with Crippen molar-refractivity contribution in [2.75, 3.05) is 23.3 Å². The van der Waals surface area contributed by atoms with Crippen molar-refractivity contribution in [2.45, 2.75) is 39.7 Å². The first-order valence-corrected chi connectivity index (χ1v) is 8.11. The van der Waals surface area contributed by atoms with Gasteiger partial charge in [-0.15, -0.1) is 0 Å². The Morgan fingerprint density at radius 1 is 1.48 bits per heavy atom. The topological polar surface area (TPSA) is 107 Å². The van der Waals surface area contributed by atoms with E-state index in [2.05, 4.69) is 15.3 Å². The molecule has 0 aromatic heterocycles. The van der Waals surface area contributed by atoms with Crippen LogP contribution in [0.4, 0.5) is 16.2 Å². The largest absolute Gasteiger partial charge is 0.444 e. The van der Waals surface area contributed by atoms with Crippen LogP contribution >= 0.6 is 0 Å². The lowest BCUT2D eigenvalue weighted by Crippen LogP contribution is -2.28. The summed E-state index contributed by atoms with van der Waals surface area (Å²) in [6.45, 7) is 8.07. The average Bonchev–Trinajstić information content (AvgIpc) is 2.86. The van der Waals surface area contributed by atoms with E-state index in [4.69, 9.17) is 10.3 Å². The molecule has 1 unspecified atom stereocenters. The summed E-state index contributed by atoms with van der Waals surface area (Å²) in [5, 5.41) is 6.24. The van der Waals surface area contributed by atoms with Crippen molar-refractivity contribution in [3.05, 3.63) is 34.2 Å². The molecule has 1 N–H and O–H groups in total. The second kappa shape index (κ2) is 7.44. The molecule has 8 heteroatoms. The SMILES string of the molecule is Cc1ccc(NC(=O)OC(C)(C)C)cc1N1CC(CN=[N+]=[N-])CC1=O. The van der Waals surface area contributed by atoms with E-state index < -0.39 is 11.7 Å². The number of benzene rings is 1. The normalized spacial score (nSPS) is 17.2. The Hall–Kier alpha value is -2.73. The Balaban J connectivity index is 2.15. The second-order valence-corrected chi connectivity index (χ2v) is 7.12. The van der Waals surface area contributed by atoms with Crippen LogP contribution in [0.5, 0.6) is 0 Å². The number of azide groups is 1. The lowest BCUT2D eigenvalue weighted by Gasteiger charge is -2.22. The molecule has 2 rings (SSSR count). The zero-order valence-electron chi connectivity index (χ0n) is 14.9. The molecule has 8 nitrogen and oxygen atoms in total.